The molecule has 0 aliphatic heterocycles. The second-order valence-corrected chi connectivity index (χ2v) is 12.1. The lowest BCUT2D eigenvalue weighted by atomic mass is 9.92. The number of carboxylic acid groups (broad SMARTS) is 1. The van der Waals surface area contributed by atoms with Gasteiger partial charge in [-0.25, -0.2) is 4.79 Å². The van der Waals surface area contributed by atoms with Crippen molar-refractivity contribution < 1.29 is 19.6 Å². The van der Waals surface area contributed by atoms with E-state index in [2.05, 4.69) is 45.7 Å². The van der Waals surface area contributed by atoms with Gasteiger partial charge in [-0.2, -0.15) is 0 Å². The van der Waals surface area contributed by atoms with E-state index >= 15 is 0 Å². The summed E-state index contributed by atoms with van der Waals surface area (Å²) in [4.78, 5) is 25.0. The number of nitro benzene ring substituents is 1. The van der Waals surface area contributed by atoms with E-state index in [0.29, 0.717) is 16.5 Å². The molecule has 5 rings (SSSR count). The summed E-state index contributed by atoms with van der Waals surface area (Å²) in [5.41, 5.74) is 3.31. The summed E-state index contributed by atoms with van der Waals surface area (Å²) in [6.45, 7) is 4.13. The minimum Gasteiger partial charge on any atom is -0.479 e. The number of hydrogen-bond acceptors (Lipinski definition) is 5. The van der Waals surface area contributed by atoms with Gasteiger partial charge in [-0.15, -0.1) is 11.3 Å². The maximum atomic E-state index is 12.3. The second kappa shape index (κ2) is 11.1. The molecule has 39 heavy (non-hydrogen) atoms. The third-order valence-electron chi connectivity index (χ3n) is 6.85. The summed E-state index contributed by atoms with van der Waals surface area (Å²) >= 11 is 8.94. The molecule has 0 radical (unpaired) electrons. The fourth-order valence-electron chi connectivity index (χ4n) is 4.82. The lowest BCUT2D eigenvalue weighted by molar-refractivity contribution is -0.386. The molecule has 0 saturated heterocycles. The van der Waals surface area contributed by atoms with Gasteiger partial charge in [-0.3, -0.25) is 10.1 Å². The SMILES string of the molecule is Cc1sc2c(Br)c3ccccc3c(-c3cc(Br)c(OC(CCc4ccccc4)C(=O)O)c([N+](=O)[O-])c3)c2c1C. The van der Waals surface area contributed by atoms with Crippen molar-refractivity contribution in [2.75, 3.05) is 0 Å². The zero-order valence-corrected chi connectivity index (χ0v) is 25.0. The molecule has 0 spiro atoms. The first-order chi connectivity index (χ1) is 18.7. The number of aliphatic carboxylic acids is 1. The van der Waals surface area contributed by atoms with E-state index in [1.165, 1.54) is 10.9 Å². The molecule has 1 atom stereocenters. The molecule has 1 N–H and O–H groups in total. The second-order valence-electron chi connectivity index (χ2n) is 9.25. The lowest BCUT2D eigenvalue weighted by Crippen LogP contribution is -2.28. The number of hydrogen-bond donors (Lipinski definition) is 1. The molecule has 1 heterocycles. The molecule has 6 nitrogen and oxygen atoms in total. The fraction of sp³-hybridized carbons (Fsp3) is 0.167. The first kappa shape index (κ1) is 27.3. The van der Waals surface area contributed by atoms with E-state index < -0.39 is 17.0 Å². The molecular weight excluding hydrogens is 646 g/mol. The van der Waals surface area contributed by atoms with E-state index in [1.54, 1.807) is 17.4 Å². The van der Waals surface area contributed by atoms with Crippen molar-refractivity contribution >= 4 is 75.7 Å². The number of nitrogens with zero attached hydrogens (tertiary/aromatic N) is 1. The number of fused-ring (bicyclic) bond motifs is 2. The van der Waals surface area contributed by atoms with Crippen LogP contribution in [0, 0.1) is 24.0 Å². The first-order valence-corrected chi connectivity index (χ1v) is 14.6. The van der Waals surface area contributed by atoms with Crippen LogP contribution in [0.4, 0.5) is 5.69 Å². The topological polar surface area (TPSA) is 89.7 Å². The maximum absolute atomic E-state index is 12.3. The van der Waals surface area contributed by atoms with Crippen molar-refractivity contribution in [2.24, 2.45) is 0 Å². The normalized spacial score (nSPS) is 12.1. The average molecular weight is 669 g/mol. The summed E-state index contributed by atoms with van der Waals surface area (Å²) < 4.78 is 8.23. The standard InChI is InChI=1S/C30H23Br2NO5S/c1-16-17(2)39-29-25(16)26(20-10-6-7-11-21(20)27(29)32)19-14-22(31)28(23(15-19)33(36)37)38-24(30(34)35)13-12-18-8-4-3-5-9-18/h3-11,14-15,24H,12-13H2,1-2H3,(H,34,35). The molecule has 0 bridgehead atoms. The van der Waals surface area contributed by atoms with Crippen LogP contribution in [0.3, 0.4) is 0 Å². The van der Waals surface area contributed by atoms with Gasteiger partial charge in [0.1, 0.15) is 0 Å². The highest BCUT2D eigenvalue weighted by Crippen LogP contribution is 2.49. The number of ether oxygens (including phenoxy) is 1. The predicted octanol–water partition coefficient (Wildman–Crippen LogP) is 9.24. The number of nitro groups is 1. The molecule has 0 fully saturated rings. The number of halogens is 2. The van der Waals surface area contributed by atoms with Crippen LogP contribution in [0.15, 0.2) is 75.7 Å². The van der Waals surface area contributed by atoms with Gasteiger partial charge in [0, 0.05) is 20.8 Å². The van der Waals surface area contributed by atoms with Crippen molar-refractivity contribution in [3.05, 3.63) is 102 Å². The van der Waals surface area contributed by atoms with E-state index in [-0.39, 0.29) is 17.9 Å². The van der Waals surface area contributed by atoms with Gasteiger partial charge in [0.2, 0.25) is 5.75 Å². The van der Waals surface area contributed by atoms with Crippen LogP contribution < -0.4 is 4.74 Å². The Kier molecular flexibility index (Phi) is 7.75. The van der Waals surface area contributed by atoms with Gasteiger partial charge >= 0.3 is 11.7 Å². The van der Waals surface area contributed by atoms with Crippen LogP contribution in [0.25, 0.3) is 32.0 Å². The number of carbonyl (C=O) groups is 1. The minimum absolute atomic E-state index is 0.0971. The molecule has 4 aromatic carbocycles. The fourth-order valence-corrected chi connectivity index (χ4v) is 7.27. The highest BCUT2D eigenvalue weighted by molar-refractivity contribution is 9.11. The Labute approximate surface area is 245 Å². The summed E-state index contributed by atoms with van der Waals surface area (Å²) in [5, 5.41) is 25.1. The van der Waals surface area contributed by atoms with Crippen molar-refractivity contribution in [1.29, 1.82) is 0 Å². The molecule has 1 unspecified atom stereocenters. The quantitative estimate of drug-likeness (QED) is 0.131. The summed E-state index contributed by atoms with van der Waals surface area (Å²) in [6, 6.07) is 20.7. The number of thiophene rings is 1. The molecule has 0 aliphatic rings. The van der Waals surface area contributed by atoms with Crippen molar-refractivity contribution in [3.63, 3.8) is 0 Å². The summed E-state index contributed by atoms with van der Waals surface area (Å²) in [6.07, 6.45) is -0.634. The Morgan fingerprint density at radius 1 is 1.05 bits per heavy atom. The largest absolute Gasteiger partial charge is 0.479 e. The third-order valence-corrected chi connectivity index (χ3v) is 9.75. The number of aryl methyl sites for hydroxylation is 3. The first-order valence-electron chi connectivity index (χ1n) is 12.2. The van der Waals surface area contributed by atoms with Crippen LogP contribution in [-0.4, -0.2) is 22.1 Å². The van der Waals surface area contributed by atoms with E-state index in [9.17, 15) is 20.0 Å². The molecule has 1 aromatic heterocycles. The van der Waals surface area contributed by atoms with Gasteiger partial charge in [-0.1, -0.05) is 54.6 Å². The van der Waals surface area contributed by atoms with E-state index in [0.717, 1.165) is 42.0 Å². The Bertz CT molecular complexity index is 1750. The number of rotatable bonds is 8. The molecule has 0 aliphatic carbocycles. The zero-order valence-electron chi connectivity index (χ0n) is 21.0. The molecular formula is C30H23Br2NO5S. The van der Waals surface area contributed by atoms with Crippen molar-refractivity contribution in [1.82, 2.24) is 0 Å². The molecule has 9 heteroatoms. The van der Waals surface area contributed by atoms with Crippen LogP contribution in [-0.2, 0) is 11.2 Å². The monoisotopic (exact) mass is 667 g/mol. The van der Waals surface area contributed by atoms with Gasteiger partial charge in [0.05, 0.1) is 14.1 Å². The number of benzene rings is 4. The smallest absolute Gasteiger partial charge is 0.344 e. The van der Waals surface area contributed by atoms with Crippen LogP contribution in [0.2, 0.25) is 0 Å². The summed E-state index contributed by atoms with van der Waals surface area (Å²) in [5.74, 6) is -1.28. The van der Waals surface area contributed by atoms with E-state index in [4.69, 9.17) is 4.74 Å². The molecule has 198 valence electrons. The van der Waals surface area contributed by atoms with Crippen molar-refractivity contribution in [2.45, 2.75) is 32.8 Å². The Morgan fingerprint density at radius 2 is 1.72 bits per heavy atom. The average Bonchev–Trinajstić information content (AvgIpc) is 3.21. The van der Waals surface area contributed by atoms with Gasteiger partial charge in [0.15, 0.2) is 6.10 Å². The predicted molar refractivity (Wildman–Crippen MR) is 163 cm³/mol. The van der Waals surface area contributed by atoms with E-state index in [1.807, 2.05) is 54.6 Å². The summed E-state index contributed by atoms with van der Waals surface area (Å²) in [7, 11) is 0. The highest BCUT2D eigenvalue weighted by Gasteiger charge is 2.29. The third kappa shape index (κ3) is 5.18. The van der Waals surface area contributed by atoms with Crippen LogP contribution >= 0.6 is 43.2 Å². The maximum Gasteiger partial charge on any atom is 0.344 e. The molecule has 5 aromatic rings. The highest BCUT2D eigenvalue weighted by atomic mass is 79.9. The minimum atomic E-state index is -1.26. The Balaban J connectivity index is 1.65. The van der Waals surface area contributed by atoms with Gasteiger partial charge in [-0.05, 0) is 97.6 Å². The Morgan fingerprint density at radius 3 is 2.38 bits per heavy atom. The molecule has 0 saturated carbocycles. The zero-order chi connectivity index (χ0) is 27.8. The lowest BCUT2D eigenvalue weighted by Gasteiger charge is -2.18. The molecule has 0 amide bonds. The Hall–Kier alpha value is -3.27. The van der Waals surface area contributed by atoms with Gasteiger partial charge < -0.3 is 9.84 Å². The van der Waals surface area contributed by atoms with Crippen LogP contribution in [0.5, 0.6) is 5.75 Å². The van der Waals surface area contributed by atoms with Gasteiger partial charge in [0.25, 0.3) is 0 Å². The van der Waals surface area contributed by atoms with Crippen LogP contribution in [0.1, 0.15) is 22.4 Å². The van der Waals surface area contributed by atoms with Crippen molar-refractivity contribution in [3.8, 4) is 16.9 Å². The number of carboxylic acids is 1.